The lowest BCUT2D eigenvalue weighted by atomic mass is 9.99. The van der Waals surface area contributed by atoms with Crippen molar-refractivity contribution in [1.82, 2.24) is 0 Å². The summed E-state index contributed by atoms with van der Waals surface area (Å²) in [4.78, 5) is 12.0. The highest BCUT2D eigenvalue weighted by Crippen LogP contribution is 2.21. The van der Waals surface area contributed by atoms with Crippen molar-refractivity contribution in [3.63, 3.8) is 0 Å². The maximum Gasteiger partial charge on any atom is 0.220 e. The Kier molecular flexibility index (Phi) is 6.99. The third-order valence-corrected chi connectivity index (χ3v) is 2.56. The quantitative estimate of drug-likeness (QED) is 0.109. The number of hydrogen-bond donors (Lipinski definition) is 4. The van der Waals surface area contributed by atoms with Crippen LogP contribution >= 0.6 is 0 Å². The van der Waals surface area contributed by atoms with Gasteiger partial charge in [-0.15, -0.1) is 0 Å². The molecular formula is C9H17N3O7. The Morgan fingerprint density at radius 3 is 2.58 bits per heavy atom. The molecule has 1 saturated heterocycles. The van der Waals surface area contributed by atoms with Gasteiger partial charge in [0.15, 0.2) is 0 Å². The monoisotopic (exact) mass is 279 g/mol. The first kappa shape index (κ1) is 16.1. The molecule has 1 heterocycles. The van der Waals surface area contributed by atoms with E-state index < -0.39 is 37.3 Å². The lowest BCUT2D eigenvalue weighted by Crippen LogP contribution is -2.59. The van der Waals surface area contributed by atoms with Gasteiger partial charge in [-0.3, -0.25) is 0 Å². The third-order valence-electron chi connectivity index (χ3n) is 2.56. The van der Waals surface area contributed by atoms with Crippen LogP contribution in [0, 0.1) is 0 Å². The first-order valence-electron chi connectivity index (χ1n) is 5.71. The summed E-state index contributed by atoms with van der Waals surface area (Å²) < 4.78 is 5.02. The number of hydrogen-bond acceptors (Lipinski definition) is 8. The Bertz CT molecular complexity index is 310. The van der Waals surface area contributed by atoms with Gasteiger partial charge in [-0.05, 0) is 12.0 Å². The van der Waals surface area contributed by atoms with Gasteiger partial charge in [0.2, 0.25) is 6.29 Å². The lowest BCUT2D eigenvalue weighted by molar-refractivity contribution is -0.425. The van der Waals surface area contributed by atoms with Gasteiger partial charge in [0, 0.05) is 11.5 Å². The summed E-state index contributed by atoms with van der Waals surface area (Å²) in [6, 6.07) is 0. The summed E-state index contributed by atoms with van der Waals surface area (Å²) in [5.74, 6) is 0. The first-order chi connectivity index (χ1) is 9.11. The number of aliphatic hydroxyl groups excluding tert-OH is 4. The van der Waals surface area contributed by atoms with E-state index in [2.05, 4.69) is 10.0 Å². The number of azide groups is 1. The van der Waals surface area contributed by atoms with E-state index in [-0.39, 0.29) is 13.2 Å². The zero-order valence-corrected chi connectivity index (χ0v) is 10.1. The molecule has 1 aliphatic heterocycles. The summed E-state index contributed by atoms with van der Waals surface area (Å²) in [6.07, 6.45) is -6.42. The number of nitrogens with zero attached hydrogens (tertiary/aromatic N) is 3. The maximum atomic E-state index is 9.57. The fourth-order valence-corrected chi connectivity index (χ4v) is 1.50. The minimum atomic E-state index is -1.51. The van der Waals surface area contributed by atoms with Crippen molar-refractivity contribution >= 4 is 0 Å². The van der Waals surface area contributed by atoms with Crippen LogP contribution in [0.5, 0.6) is 0 Å². The topological polar surface area (TPSA) is 157 Å². The van der Waals surface area contributed by atoms with Crippen LogP contribution in [-0.2, 0) is 14.5 Å². The summed E-state index contributed by atoms with van der Waals surface area (Å²) >= 11 is 0. The van der Waals surface area contributed by atoms with E-state index in [4.69, 9.17) is 25.1 Å². The third kappa shape index (κ3) is 4.56. The average Bonchev–Trinajstić information content (AvgIpc) is 2.42. The van der Waals surface area contributed by atoms with Crippen LogP contribution < -0.4 is 0 Å². The Labute approximate surface area is 108 Å². The predicted molar refractivity (Wildman–Crippen MR) is 59.4 cm³/mol. The van der Waals surface area contributed by atoms with Crippen LogP contribution in [0.1, 0.15) is 6.42 Å². The van der Waals surface area contributed by atoms with E-state index >= 15 is 0 Å². The Hall–Kier alpha value is -0.970. The van der Waals surface area contributed by atoms with Crippen molar-refractivity contribution < 1.29 is 34.9 Å². The molecule has 10 heteroatoms. The maximum absolute atomic E-state index is 9.57. The largest absolute Gasteiger partial charge is 0.394 e. The lowest BCUT2D eigenvalue weighted by Gasteiger charge is -2.38. The standard InChI is InChI=1S/C9H17N3O7/c10-12-11-2-1-3-17-19-9-8(16)7(15)6(14)5(4-13)18-9/h5-9,13-16H,1-4H2/t5-,6-,7+,8+,9+/m1/s1. The minimum Gasteiger partial charge on any atom is -0.394 e. The highest BCUT2D eigenvalue weighted by atomic mass is 17.2. The van der Waals surface area contributed by atoms with Crippen molar-refractivity contribution in [2.24, 2.45) is 5.11 Å². The van der Waals surface area contributed by atoms with Gasteiger partial charge in [0.05, 0.1) is 13.2 Å². The van der Waals surface area contributed by atoms with Gasteiger partial charge < -0.3 is 25.2 Å². The second kappa shape index (κ2) is 8.25. The van der Waals surface area contributed by atoms with Crippen LogP contribution in [0.3, 0.4) is 0 Å². The first-order valence-corrected chi connectivity index (χ1v) is 5.71. The molecule has 0 aromatic rings. The van der Waals surface area contributed by atoms with Crippen LogP contribution in [-0.4, -0.2) is 70.9 Å². The molecule has 0 aromatic heterocycles. The van der Waals surface area contributed by atoms with Crippen molar-refractivity contribution in [3.8, 4) is 0 Å². The van der Waals surface area contributed by atoms with E-state index in [0.29, 0.717) is 6.42 Å². The Balaban J connectivity index is 2.33. The van der Waals surface area contributed by atoms with Crippen LogP contribution in [0.15, 0.2) is 5.11 Å². The molecule has 0 radical (unpaired) electrons. The van der Waals surface area contributed by atoms with Gasteiger partial charge in [0.1, 0.15) is 24.4 Å². The number of ether oxygens (including phenoxy) is 1. The molecule has 0 aromatic carbocycles. The highest BCUT2D eigenvalue weighted by molar-refractivity contribution is 4.88. The van der Waals surface area contributed by atoms with E-state index in [0.717, 1.165) is 0 Å². The van der Waals surface area contributed by atoms with Crippen molar-refractivity contribution in [1.29, 1.82) is 0 Å². The normalized spacial score (nSPS) is 34.8. The molecule has 0 spiro atoms. The molecule has 1 rings (SSSR count). The fourth-order valence-electron chi connectivity index (χ4n) is 1.50. The van der Waals surface area contributed by atoms with E-state index in [9.17, 15) is 15.3 Å². The van der Waals surface area contributed by atoms with E-state index in [1.54, 1.807) is 0 Å². The summed E-state index contributed by atoms with van der Waals surface area (Å²) in [5.41, 5.74) is 8.03. The van der Waals surface area contributed by atoms with Crippen LogP contribution in [0.4, 0.5) is 0 Å². The second-order valence-electron chi connectivity index (χ2n) is 3.92. The van der Waals surface area contributed by atoms with Crippen molar-refractivity contribution in [2.45, 2.75) is 37.1 Å². The molecule has 4 N–H and O–H groups in total. The van der Waals surface area contributed by atoms with E-state index in [1.807, 2.05) is 0 Å². The smallest absolute Gasteiger partial charge is 0.220 e. The molecule has 10 nitrogen and oxygen atoms in total. The zero-order chi connectivity index (χ0) is 14.3. The molecule has 0 saturated carbocycles. The van der Waals surface area contributed by atoms with Crippen LogP contribution in [0.25, 0.3) is 10.4 Å². The Morgan fingerprint density at radius 1 is 1.21 bits per heavy atom. The molecule has 110 valence electrons. The number of rotatable bonds is 7. The van der Waals surface area contributed by atoms with Crippen molar-refractivity contribution in [3.05, 3.63) is 10.4 Å². The van der Waals surface area contributed by atoms with Gasteiger partial charge in [0.25, 0.3) is 0 Å². The predicted octanol–water partition coefficient (Wildman–Crippen LogP) is -1.57. The average molecular weight is 279 g/mol. The molecular weight excluding hydrogens is 262 g/mol. The summed E-state index contributed by atoms with van der Waals surface area (Å²) in [5, 5.41) is 40.7. The molecule has 1 fully saturated rings. The van der Waals surface area contributed by atoms with Crippen molar-refractivity contribution in [2.75, 3.05) is 19.8 Å². The molecule has 0 aliphatic carbocycles. The molecule has 19 heavy (non-hydrogen) atoms. The van der Waals surface area contributed by atoms with Gasteiger partial charge in [-0.25, -0.2) is 9.78 Å². The van der Waals surface area contributed by atoms with E-state index in [1.165, 1.54) is 0 Å². The summed E-state index contributed by atoms with van der Waals surface area (Å²) in [7, 11) is 0. The Morgan fingerprint density at radius 2 is 1.95 bits per heavy atom. The second-order valence-corrected chi connectivity index (χ2v) is 3.92. The molecule has 1 aliphatic rings. The molecule has 5 atom stereocenters. The minimum absolute atomic E-state index is 0.0913. The van der Waals surface area contributed by atoms with Gasteiger partial charge in [-0.1, -0.05) is 5.11 Å². The summed E-state index contributed by atoms with van der Waals surface area (Å²) in [6.45, 7) is -0.218. The molecule has 0 bridgehead atoms. The number of aliphatic hydroxyl groups is 4. The zero-order valence-electron chi connectivity index (χ0n) is 10.1. The highest BCUT2D eigenvalue weighted by Gasteiger charge is 2.44. The molecule has 0 amide bonds. The molecule has 0 unspecified atom stereocenters. The van der Waals surface area contributed by atoms with Crippen LogP contribution in [0.2, 0.25) is 0 Å². The van der Waals surface area contributed by atoms with Gasteiger partial charge >= 0.3 is 0 Å². The SMILES string of the molecule is [N-]=[N+]=NCCCOO[C@@H]1O[C@H](CO)[C@@H](O)[C@H](O)[C@@H]1O. The van der Waals surface area contributed by atoms with Gasteiger partial charge in [-0.2, -0.15) is 0 Å². The fraction of sp³-hybridized carbons (Fsp3) is 1.00.